The number of hydrogen-bond donors (Lipinski definition) is 0. The summed E-state index contributed by atoms with van der Waals surface area (Å²) in [6.07, 6.45) is 3.18. The maximum atomic E-state index is 13.2. The van der Waals surface area contributed by atoms with Crippen molar-refractivity contribution >= 4 is 21.8 Å². The van der Waals surface area contributed by atoms with Gasteiger partial charge in [0.2, 0.25) is 15.9 Å². The lowest BCUT2D eigenvalue weighted by molar-refractivity contribution is -0.133. The molecule has 1 aromatic carbocycles. The van der Waals surface area contributed by atoms with Crippen molar-refractivity contribution in [2.75, 3.05) is 39.3 Å². The molecule has 1 aromatic rings. The first kappa shape index (κ1) is 19.4. The smallest absolute Gasteiger partial charge is 0.253 e. The molecule has 0 unspecified atom stereocenters. The van der Waals surface area contributed by atoms with Gasteiger partial charge in [-0.05, 0) is 37.8 Å². The average Bonchev–Trinajstić information content (AvgIpc) is 3.59. The number of amides is 2. The number of sulfonamides is 1. The van der Waals surface area contributed by atoms with Gasteiger partial charge in [-0.15, -0.1) is 0 Å². The highest BCUT2D eigenvalue weighted by Gasteiger charge is 2.40. The molecule has 1 atom stereocenters. The second-order valence-corrected chi connectivity index (χ2v) is 10.1. The molecule has 0 N–H and O–H groups in total. The molecule has 7 nitrogen and oxygen atoms in total. The summed E-state index contributed by atoms with van der Waals surface area (Å²) in [5.74, 6) is 0.230. The first-order valence-corrected chi connectivity index (χ1v) is 11.6. The third-order valence-electron chi connectivity index (χ3n) is 5.94. The van der Waals surface area contributed by atoms with Gasteiger partial charge in [0.15, 0.2) is 0 Å². The van der Waals surface area contributed by atoms with E-state index in [0.29, 0.717) is 51.1 Å². The lowest BCUT2D eigenvalue weighted by Gasteiger charge is -2.39. The van der Waals surface area contributed by atoms with E-state index in [2.05, 4.69) is 0 Å². The van der Waals surface area contributed by atoms with Crippen molar-refractivity contribution in [1.29, 1.82) is 0 Å². The van der Waals surface area contributed by atoms with Gasteiger partial charge in [0.1, 0.15) is 0 Å². The molecule has 2 saturated heterocycles. The molecule has 0 aromatic heterocycles. The minimum Gasteiger partial charge on any atom is -0.340 e. The van der Waals surface area contributed by atoms with Crippen molar-refractivity contribution in [2.24, 2.45) is 5.92 Å². The molecular formula is C20H27N3O4S. The average molecular weight is 406 g/mol. The lowest BCUT2D eigenvalue weighted by Crippen LogP contribution is -2.55. The van der Waals surface area contributed by atoms with Gasteiger partial charge in [0, 0.05) is 50.7 Å². The standard InChI is InChI=1S/C20H27N3O4S/c24-19(17-8-9-17)21-11-13-23(14-12-21)28(26,27)18-7-4-10-22(15-18)20(25)16-5-2-1-3-6-16/h1-3,5-6,17-18H,4,7-15H2/t18-/m1/s1. The molecule has 1 aliphatic carbocycles. The van der Waals surface area contributed by atoms with Crippen LogP contribution in [0.2, 0.25) is 0 Å². The number of rotatable bonds is 4. The molecule has 2 aliphatic heterocycles. The largest absolute Gasteiger partial charge is 0.340 e. The summed E-state index contributed by atoms with van der Waals surface area (Å²) < 4.78 is 27.8. The van der Waals surface area contributed by atoms with E-state index in [1.807, 2.05) is 18.2 Å². The van der Waals surface area contributed by atoms with Crippen LogP contribution in [0.1, 0.15) is 36.0 Å². The van der Waals surface area contributed by atoms with Gasteiger partial charge >= 0.3 is 0 Å². The van der Waals surface area contributed by atoms with E-state index < -0.39 is 15.3 Å². The quantitative estimate of drug-likeness (QED) is 0.754. The molecule has 0 bridgehead atoms. The Bertz CT molecular complexity index is 830. The van der Waals surface area contributed by atoms with Crippen LogP contribution in [-0.2, 0) is 14.8 Å². The second-order valence-electron chi connectivity index (χ2n) is 7.92. The van der Waals surface area contributed by atoms with Gasteiger partial charge in [-0.3, -0.25) is 9.59 Å². The van der Waals surface area contributed by atoms with Gasteiger partial charge in [-0.25, -0.2) is 8.42 Å². The van der Waals surface area contributed by atoms with Crippen LogP contribution < -0.4 is 0 Å². The fourth-order valence-electron chi connectivity index (χ4n) is 4.09. The van der Waals surface area contributed by atoms with E-state index in [4.69, 9.17) is 0 Å². The van der Waals surface area contributed by atoms with Crippen molar-refractivity contribution in [3.8, 4) is 0 Å². The summed E-state index contributed by atoms with van der Waals surface area (Å²) >= 11 is 0. The number of hydrogen-bond acceptors (Lipinski definition) is 4. The highest BCUT2D eigenvalue weighted by Crippen LogP contribution is 2.31. The van der Waals surface area contributed by atoms with Crippen molar-refractivity contribution in [2.45, 2.75) is 30.9 Å². The van der Waals surface area contributed by atoms with Gasteiger partial charge in [-0.2, -0.15) is 4.31 Å². The fourth-order valence-corrected chi connectivity index (χ4v) is 6.02. The van der Waals surface area contributed by atoms with Crippen LogP contribution in [0.25, 0.3) is 0 Å². The van der Waals surface area contributed by atoms with E-state index in [-0.39, 0.29) is 24.3 Å². The molecule has 1 saturated carbocycles. The Morgan fingerprint density at radius 1 is 0.857 bits per heavy atom. The minimum atomic E-state index is -3.49. The first-order valence-electron chi connectivity index (χ1n) is 10.1. The van der Waals surface area contributed by atoms with Gasteiger partial charge in [0.05, 0.1) is 5.25 Å². The third kappa shape index (κ3) is 3.93. The first-order chi connectivity index (χ1) is 13.5. The number of piperidine rings is 1. The van der Waals surface area contributed by atoms with Gasteiger partial charge in [0.25, 0.3) is 5.91 Å². The maximum absolute atomic E-state index is 13.2. The molecule has 4 rings (SSSR count). The molecule has 8 heteroatoms. The number of piperazine rings is 1. The zero-order chi connectivity index (χ0) is 19.7. The Kier molecular flexibility index (Phi) is 5.42. The van der Waals surface area contributed by atoms with Crippen LogP contribution in [0, 0.1) is 5.92 Å². The Hall–Kier alpha value is -1.93. The number of carbonyl (C=O) groups is 2. The maximum Gasteiger partial charge on any atom is 0.253 e. The summed E-state index contributed by atoms with van der Waals surface area (Å²) in [6.45, 7) is 2.45. The highest BCUT2D eigenvalue weighted by molar-refractivity contribution is 7.89. The Balaban J connectivity index is 1.38. The molecule has 3 aliphatic rings. The van der Waals surface area contributed by atoms with Crippen LogP contribution in [0.15, 0.2) is 30.3 Å². The Morgan fingerprint density at radius 2 is 1.54 bits per heavy atom. The van der Waals surface area contributed by atoms with Crippen molar-refractivity contribution in [1.82, 2.24) is 14.1 Å². The molecule has 28 heavy (non-hydrogen) atoms. The summed E-state index contributed by atoms with van der Waals surface area (Å²) in [5.41, 5.74) is 0.591. The molecule has 3 fully saturated rings. The molecule has 2 amide bonds. The monoisotopic (exact) mass is 405 g/mol. The molecule has 0 radical (unpaired) electrons. The van der Waals surface area contributed by atoms with Crippen LogP contribution >= 0.6 is 0 Å². The van der Waals surface area contributed by atoms with Crippen LogP contribution in [0.3, 0.4) is 0 Å². The van der Waals surface area contributed by atoms with Crippen LogP contribution in [0.5, 0.6) is 0 Å². The van der Waals surface area contributed by atoms with Crippen LogP contribution in [-0.4, -0.2) is 78.9 Å². The minimum absolute atomic E-state index is 0.111. The van der Waals surface area contributed by atoms with Gasteiger partial charge < -0.3 is 9.80 Å². The van der Waals surface area contributed by atoms with E-state index >= 15 is 0 Å². The zero-order valence-corrected chi connectivity index (χ0v) is 16.8. The van der Waals surface area contributed by atoms with E-state index in [1.165, 1.54) is 4.31 Å². The lowest BCUT2D eigenvalue weighted by atomic mass is 10.1. The Labute approximate surface area is 166 Å². The number of likely N-dealkylation sites (tertiary alicyclic amines) is 1. The summed E-state index contributed by atoms with van der Waals surface area (Å²) in [4.78, 5) is 28.4. The molecule has 0 spiro atoms. The van der Waals surface area contributed by atoms with E-state index in [9.17, 15) is 18.0 Å². The van der Waals surface area contributed by atoms with Crippen molar-refractivity contribution < 1.29 is 18.0 Å². The van der Waals surface area contributed by atoms with Crippen molar-refractivity contribution in [3.63, 3.8) is 0 Å². The molecule has 152 valence electrons. The summed E-state index contributed by atoms with van der Waals surface area (Å²) in [6, 6.07) is 9.00. The number of benzene rings is 1. The second kappa shape index (κ2) is 7.83. The van der Waals surface area contributed by atoms with Crippen molar-refractivity contribution in [3.05, 3.63) is 35.9 Å². The topological polar surface area (TPSA) is 78.0 Å². The SMILES string of the molecule is O=C(c1ccccc1)N1CCC[C@@H](S(=O)(=O)N2CCN(C(=O)C3CC3)CC2)C1. The summed E-state index contributed by atoms with van der Waals surface area (Å²) in [7, 11) is -3.49. The normalized spacial score (nSPS) is 24.2. The Morgan fingerprint density at radius 3 is 2.18 bits per heavy atom. The van der Waals surface area contributed by atoms with Gasteiger partial charge in [-0.1, -0.05) is 18.2 Å². The molecular weight excluding hydrogens is 378 g/mol. The number of carbonyl (C=O) groups excluding carboxylic acids is 2. The van der Waals surface area contributed by atoms with Crippen LogP contribution in [0.4, 0.5) is 0 Å². The number of nitrogens with zero attached hydrogens (tertiary/aromatic N) is 3. The molecule has 2 heterocycles. The zero-order valence-electron chi connectivity index (χ0n) is 16.0. The third-order valence-corrected chi connectivity index (χ3v) is 8.26. The predicted octanol–water partition coefficient (Wildman–Crippen LogP) is 1.18. The van der Waals surface area contributed by atoms with E-state index in [1.54, 1.807) is 21.9 Å². The fraction of sp³-hybridized carbons (Fsp3) is 0.600. The van der Waals surface area contributed by atoms with E-state index in [0.717, 1.165) is 12.8 Å². The summed E-state index contributed by atoms with van der Waals surface area (Å²) in [5, 5.41) is -0.570. The highest BCUT2D eigenvalue weighted by atomic mass is 32.2. The predicted molar refractivity (Wildman–Crippen MR) is 105 cm³/mol.